The Bertz CT molecular complexity index is 1690. The first-order chi connectivity index (χ1) is 22.5. The van der Waals surface area contributed by atoms with Gasteiger partial charge in [-0.3, -0.25) is 20.7 Å². The van der Waals surface area contributed by atoms with Crippen LogP contribution in [0.25, 0.3) is 0 Å². The van der Waals surface area contributed by atoms with E-state index in [0.717, 1.165) is 42.6 Å². The summed E-state index contributed by atoms with van der Waals surface area (Å²) >= 11 is 0. The van der Waals surface area contributed by atoms with E-state index >= 15 is 0 Å². The Balaban J connectivity index is 1.30. The van der Waals surface area contributed by atoms with Crippen LogP contribution in [0.2, 0.25) is 0 Å². The molecule has 2 aliphatic rings. The zero-order valence-electron chi connectivity index (χ0n) is 27.9. The number of aryl methyl sites for hydroxylation is 1. The molecule has 10 heteroatoms. The molecule has 2 heterocycles. The molecule has 2 atom stereocenters. The van der Waals surface area contributed by atoms with Gasteiger partial charge in [-0.05, 0) is 87.0 Å². The lowest BCUT2D eigenvalue weighted by Crippen LogP contribution is -2.42. The summed E-state index contributed by atoms with van der Waals surface area (Å²) in [5.41, 5.74) is 10.8. The molecule has 0 radical (unpaired) electrons. The summed E-state index contributed by atoms with van der Waals surface area (Å²) in [5, 5.41) is 26.6. The molecule has 1 aromatic heterocycles. The first kappa shape index (κ1) is 33.7. The largest absolute Gasteiger partial charge is 0.484 e. The number of allylic oxidation sites excluding steroid dienone is 1. The van der Waals surface area contributed by atoms with Crippen LogP contribution in [0.15, 0.2) is 83.6 Å². The standard InChI is InChI=1S/C37H48N8O2/c1-24-9-11-26(12-10-24)42-35(22-32(38)37(2,3)4)44-36(46)43-30-14-15-31(29-8-6-5-7-28(29)30)47-27-13-16-33(39)45(23-27)34(40)21-25-17-19-41-20-18-25/h5-13,16,22-23,25,30-31,39-41H,14-15,17-21,38H2,1-4H3,(H2,42,43,44,46)/b32-22-,39-33?,40-34?/t30-,31+/m0/s1. The van der Waals surface area contributed by atoms with Gasteiger partial charge in [-0.25, -0.2) is 9.79 Å². The molecule has 1 aliphatic carbocycles. The van der Waals surface area contributed by atoms with Crippen LogP contribution in [0, 0.1) is 29.1 Å². The van der Waals surface area contributed by atoms with Gasteiger partial charge in [0.2, 0.25) is 0 Å². The smallest absolute Gasteiger partial charge is 0.320 e. The van der Waals surface area contributed by atoms with Gasteiger partial charge < -0.3 is 21.1 Å². The zero-order chi connectivity index (χ0) is 33.6. The van der Waals surface area contributed by atoms with Crippen LogP contribution in [0.4, 0.5) is 10.5 Å². The van der Waals surface area contributed by atoms with E-state index in [-0.39, 0.29) is 29.1 Å². The number of hydrogen-bond donors (Lipinski definition) is 6. The van der Waals surface area contributed by atoms with Gasteiger partial charge in [0.05, 0.1) is 17.9 Å². The summed E-state index contributed by atoms with van der Waals surface area (Å²) in [4.78, 5) is 18.1. The number of aromatic nitrogens is 1. The normalized spacial score (nSPS) is 19.1. The number of ether oxygens (including phenoxy) is 1. The Labute approximate surface area is 277 Å². The molecule has 2 amide bonds. The fourth-order valence-corrected chi connectivity index (χ4v) is 5.95. The fourth-order valence-electron chi connectivity index (χ4n) is 5.95. The van der Waals surface area contributed by atoms with Crippen molar-refractivity contribution in [1.82, 2.24) is 20.5 Å². The van der Waals surface area contributed by atoms with Crippen molar-refractivity contribution in [1.29, 1.82) is 10.8 Å². The highest BCUT2D eigenvalue weighted by atomic mass is 16.5. The summed E-state index contributed by atoms with van der Waals surface area (Å²) in [6.07, 6.45) is 7.32. The minimum absolute atomic E-state index is 0.227. The third-order valence-corrected chi connectivity index (χ3v) is 8.86. The number of fused-ring (bicyclic) bond motifs is 1. The number of amides is 2. The van der Waals surface area contributed by atoms with Crippen LogP contribution >= 0.6 is 0 Å². The SMILES string of the molecule is Cc1ccc(N=C(/C=C(\N)C(C)(C)C)NC(=O)N[C@H]2CC[C@@H](Oc3ccc(=N)n(C(=N)CC4CCNCC4)c3)c3ccccc32)cc1. The monoisotopic (exact) mass is 636 g/mol. The molecule has 7 N–H and O–H groups in total. The molecular formula is C37H48N8O2. The molecule has 0 spiro atoms. The first-order valence-corrected chi connectivity index (χ1v) is 16.5. The van der Waals surface area contributed by atoms with Gasteiger partial charge in [0.25, 0.3) is 0 Å². The number of urea groups is 1. The lowest BCUT2D eigenvalue weighted by molar-refractivity contribution is 0.171. The number of piperidine rings is 1. The third kappa shape index (κ3) is 8.98. The second-order valence-electron chi connectivity index (χ2n) is 13.6. The van der Waals surface area contributed by atoms with Crippen molar-refractivity contribution in [2.75, 3.05) is 13.1 Å². The Morgan fingerprint density at radius 2 is 1.74 bits per heavy atom. The number of carbonyl (C=O) groups is 1. The van der Waals surface area contributed by atoms with Crippen molar-refractivity contribution in [2.24, 2.45) is 22.1 Å². The van der Waals surface area contributed by atoms with Crippen molar-refractivity contribution < 1.29 is 9.53 Å². The highest BCUT2D eigenvalue weighted by Gasteiger charge is 2.30. The van der Waals surface area contributed by atoms with Crippen molar-refractivity contribution in [3.8, 4) is 5.75 Å². The van der Waals surface area contributed by atoms with Crippen molar-refractivity contribution in [3.63, 3.8) is 0 Å². The minimum atomic E-state index is -0.368. The molecule has 5 rings (SSSR count). The summed E-state index contributed by atoms with van der Waals surface area (Å²) in [6.45, 7) is 10.0. The van der Waals surface area contributed by atoms with Gasteiger partial charge in [-0.15, -0.1) is 0 Å². The average Bonchev–Trinajstić information content (AvgIpc) is 3.04. The first-order valence-electron chi connectivity index (χ1n) is 16.5. The van der Waals surface area contributed by atoms with Crippen LogP contribution in [-0.4, -0.2) is 35.4 Å². The van der Waals surface area contributed by atoms with Gasteiger partial charge in [0.15, 0.2) is 0 Å². The molecule has 10 nitrogen and oxygen atoms in total. The lowest BCUT2D eigenvalue weighted by Gasteiger charge is -2.32. The topological polar surface area (TPSA) is 153 Å². The average molecular weight is 637 g/mol. The van der Waals surface area contributed by atoms with Crippen LogP contribution in [0.1, 0.15) is 81.7 Å². The number of nitrogens with zero attached hydrogens (tertiary/aromatic N) is 2. The summed E-state index contributed by atoms with van der Waals surface area (Å²) in [5.74, 6) is 1.83. The highest BCUT2D eigenvalue weighted by molar-refractivity contribution is 6.05. The minimum Gasteiger partial charge on any atom is -0.484 e. The molecule has 2 aromatic carbocycles. The Kier molecular flexibility index (Phi) is 10.6. The molecule has 1 aliphatic heterocycles. The van der Waals surface area contributed by atoms with Crippen LogP contribution < -0.4 is 31.9 Å². The number of hydrogen-bond acceptors (Lipinski definition) is 7. The van der Waals surface area contributed by atoms with Crippen molar-refractivity contribution in [2.45, 2.75) is 71.9 Å². The zero-order valence-corrected chi connectivity index (χ0v) is 27.9. The maximum Gasteiger partial charge on any atom is 0.320 e. The number of pyridine rings is 1. The van der Waals surface area contributed by atoms with E-state index in [4.69, 9.17) is 21.3 Å². The van der Waals surface area contributed by atoms with Crippen molar-refractivity contribution in [3.05, 3.63) is 101 Å². The number of aliphatic imine (C=N–C) groups is 1. The maximum atomic E-state index is 13.4. The Hall–Kier alpha value is -4.70. The van der Waals surface area contributed by atoms with Gasteiger partial charge in [0.1, 0.15) is 29.0 Å². The fraction of sp³-hybridized carbons (Fsp3) is 0.405. The molecular weight excluding hydrogens is 588 g/mol. The second-order valence-corrected chi connectivity index (χ2v) is 13.6. The number of rotatable bonds is 7. The number of nitrogens with one attached hydrogen (secondary N) is 5. The van der Waals surface area contributed by atoms with Gasteiger partial charge in [0, 0.05) is 23.6 Å². The summed E-state index contributed by atoms with van der Waals surface area (Å²) in [6, 6.07) is 18.7. The predicted molar refractivity (Wildman–Crippen MR) is 187 cm³/mol. The van der Waals surface area contributed by atoms with Crippen molar-refractivity contribution >= 4 is 23.4 Å². The van der Waals surface area contributed by atoms with E-state index in [1.165, 1.54) is 0 Å². The second kappa shape index (κ2) is 14.8. The molecule has 47 heavy (non-hydrogen) atoms. The molecule has 0 unspecified atom stereocenters. The highest BCUT2D eigenvalue weighted by Crippen LogP contribution is 2.38. The van der Waals surface area contributed by atoms with Gasteiger partial charge in [-0.2, -0.15) is 0 Å². The molecule has 0 bridgehead atoms. The van der Waals surface area contributed by atoms with Gasteiger partial charge >= 0.3 is 6.03 Å². The Morgan fingerprint density at radius 1 is 1.04 bits per heavy atom. The molecule has 0 saturated carbocycles. The van der Waals surface area contributed by atoms with Crippen LogP contribution in [0.5, 0.6) is 5.75 Å². The van der Waals surface area contributed by atoms with E-state index in [1.807, 2.05) is 76.2 Å². The molecule has 1 fully saturated rings. The number of carbonyl (C=O) groups excluding carboxylic acids is 1. The van der Waals surface area contributed by atoms with E-state index in [1.54, 1.807) is 29.0 Å². The van der Waals surface area contributed by atoms with E-state index < -0.39 is 0 Å². The quantitative estimate of drug-likeness (QED) is 0.132. The third-order valence-electron chi connectivity index (χ3n) is 8.86. The number of benzene rings is 2. The summed E-state index contributed by atoms with van der Waals surface area (Å²) in [7, 11) is 0. The predicted octanol–water partition coefficient (Wildman–Crippen LogP) is 6.36. The molecule has 3 aromatic rings. The Morgan fingerprint density at radius 3 is 2.45 bits per heavy atom. The maximum absolute atomic E-state index is 13.4. The molecule has 1 saturated heterocycles. The van der Waals surface area contributed by atoms with Crippen LogP contribution in [-0.2, 0) is 0 Å². The number of amidine groups is 1. The number of nitrogens with two attached hydrogens (primary N) is 1. The van der Waals surface area contributed by atoms with E-state index in [9.17, 15) is 4.79 Å². The summed E-state index contributed by atoms with van der Waals surface area (Å²) < 4.78 is 8.13. The molecule has 248 valence electrons. The van der Waals surface area contributed by atoms with E-state index in [2.05, 4.69) is 20.9 Å². The lowest BCUT2D eigenvalue weighted by atomic mass is 9.85. The van der Waals surface area contributed by atoms with Gasteiger partial charge in [-0.1, -0.05) is 62.7 Å². The van der Waals surface area contributed by atoms with E-state index in [0.29, 0.717) is 54.0 Å². The van der Waals surface area contributed by atoms with Crippen LogP contribution in [0.3, 0.4) is 0 Å².